The molecule has 4 aliphatic carbocycles. The molecule has 0 saturated heterocycles. The van der Waals surface area contributed by atoms with Crippen LogP contribution in [0.4, 0.5) is 0 Å². The molecule has 0 aliphatic heterocycles. The minimum absolute atomic E-state index is 0.231. The highest BCUT2D eigenvalue weighted by Crippen LogP contribution is 2.61. The van der Waals surface area contributed by atoms with Crippen LogP contribution in [0.25, 0.3) is 89.2 Å². The molecule has 0 radical (unpaired) electrons. The van der Waals surface area contributed by atoms with Crippen molar-refractivity contribution in [3.05, 3.63) is 175 Å². The van der Waals surface area contributed by atoms with Crippen LogP contribution in [0.15, 0.2) is 170 Å². The van der Waals surface area contributed by atoms with Crippen molar-refractivity contribution in [2.24, 2.45) is 17.8 Å². The van der Waals surface area contributed by atoms with Gasteiger partial charge in [0.15, 0.2) is 11.6 Å². The first-order valence-electron chi connectivity index (χ1n) is 21.7. The van der Waals surface area contributed by atoms with Gasteiger partial charge < -0.3 is 4.57 Å². The summed E-state index contributed by atoms with van der Waals surface area (Å²) in [6, 6.07) is 61.5. The Kier molecular flexibility index (Phi) is 7.42. The number of hydrogen-bond donors (Lipinski definition) is 0. The zero-order valence-electron chi connectivity index (χ0n) is 33.4. The Bertz CT molecular complexity index is 3170. The maximum Gasteiger partial charge on any atom is 0.238 e. The Hall–Kier alpha value is -6.85. The molecule has 60 heavy (non-hydrogen) atoms. The summed E-state index contributed by atoms with van der Waals surface area (Å²) in [6.07, 6.45) is 8.18. The highest BCUT2D eigenvalue weighted by atomic mass is 15.2. The minimum atomic E-state index is 0.231. The zero-order chi connectivity index (χ0) is 39.4. The molecule has 0 spiro atoms. The molecule has 3 heterocycles. The number of rotatable bonds is 6. The van der Waals surface area contributed by atoms with Gasteiger partial charge in [-0.3, -0.25) is 4.57 Å². The van der Waals surface area contributed by atoms with Crippen LogP contribution in [-0.2, 0) is 5.41 Å². The Morgan fingerprint density at radius 2 is 0.900 bits per heavy atom. The van der Waals surface area contributed by atoms with Gasteiger partial charge in [-0.1, -0.05) is 127 Å². The van der Waals surface area contributed by atoms with E-state index in [2.05, 4.69) is 173 Å². The number of fused-ring (bicyclic) bond motifs is 6. The summed E-state index contributed by atoms with van der Waals surface area (Å²) >= 11 is 0. The Morgan fingerprint density at radius 3 is 1.48 bits per heavy atom. The molecule has 4 aliphatic rings. The topological polar surface area (TPSA) is 48.5 Å². The fourth-order valence-electron chi connectivity index (χ4n) is 12.2. The van der Waals surface area contributed by atoms with Gasteiger partial charge in [-0.2, -0.15) is 9.97 Å². The molecule has 4 saturated carbocycles. The molecule has 0 N–H and O–H groups in total. The second-order valence-electron chi connectivity index (χ2n) is 17.9. The third-order valence-electron chi connectivity index (χ3n) is 14.3. The maximum atomic E-state index is 5.47. The quantitative estimate of drug-likeness (QED) is 0.169. The van der Waals surface area contributed by atoms with Gasteiger partial charge in [-0.25, -0.2) is 4.98 Å². The van der Waals surface area contributed by atoms with E-state index in [0.717, 1.165) is 51.2 Å². The van der Waals surface area contributed by atoms with Crippen LogP contribution in [0, 0.1) is 17.8 Å². The van der Waals surface area contributed by atoms with Crippen molar-refractivity contribution in [2.45, 2.75) is 43.9 Å². The fourth-order valence-corrected chi connectivity index (χ4v) is 12.2. The van der Waals surface area contributed by atoms with Crippen molar-refractivity contribution in [1.82, 2.24) is 24.1 Å². The molecule has 4 bridgehead atoms. The molecule has 0 amide bonds. The van der Waals surface area contributed by atoms with Crippen molar-refractivity contribution in [3.8, 4) is 45.5 Å². The van der Waals surface area contributed by atoms with Crippen LogP contribution in [0.2, 0.25) is 0 Å². The van der Waals surface area contributed by atoms with E-state index in [1.54, 1.807) is 0 Å². The van der Waals surface area contributed by atoms with Crippen molar-refractivity contribution < 1.29 is 0 Å². The lowest BCUT2D eigenvalue weighted by Gasteiger charge is -2.57. The summed E-state index contributed by atoms with van der Waals surface area (Å²) in [6.45, 7) is 0. The van der Waals surface area contributed by atoms with Crippen molar-refractivity contribution in [1.29, 1.82) is 0 Å². The highest BCUT2D eigenvalue weighted by Gasteiger charge is 2.51. The first kappa shape index (κ1) is 34.1. The monoisotopic (exact) mass is 773 g/mol. The van der Waals surface area contributed by atoms with E-state index in [1.165, 1.54) is 82.2 Å². The summed E-state index contributed by atoms with van der Waals surface area (Å²) < 4.78 is 4.64. The van der Waals surface area contributed by atoms with E-state index in [4.69, 9.17) is 15.0 Å². The predicted octanol–water partition coefficient (Wildman–Crippen LogP) is 13.5. The average molecular weight is 774 g/mol. The molecular weight excluding hydrogens is 731 g/mol. The smallest absolute Gasteiger partial charge is 0.238 e. The van der Waals surface area contributed by atoms with Crippen molar-refractivity contribution in [3.63, 3.8) is 0 Å². The van der Waals surface area contributed by atoms with E-state index in [1.807, 2.05) is 6.07 Å². The van der Waals surface area contributed by atoms with Gasteiger partial charge in [0.2, 0.25) is 5.95 Å². The fraction of sp³-hybridized carbons (Fsp3) is 0.182. The molecule has 5 nitrogen and oxygen atoms in total. The van der Waals surface area contributed by atoms with E-state index in [0.29, 0.717) is 17.6 Å². The minimum Gasteiger partial charge on any atom is -0.309 e. The van der Waals surface area contributed by atoms with Gasteiger partial charge >= 0.3 is 0 Å². The SMILES string of the molecule is c1ccc(-c2nc(-c3ccc(C45CC6CC(CC(C6)C4)C5)cc3-c3cccc(-n4c5ccccc5c5ccccc54)c3)nc(-n3c4ccccc4c4ccccc43)n2)cc1. The summed E-state index contributed by atoms with van der Waals surface area (Å²) in [5, 5.41) is 4.89. The molecule has 14 rings (SSSR count). The third-order valence-corrected chi connectivity index (χ3v) is 14.3. The molecule has 4 fully saturated rings. The van der Waals surface area contributed by atoms with E-state index in [9.17, 15) is 0 Å². The van der Waals surface area contributed by atoms with Gasteiger partial charge in [0, 0.05) is 38.4 Å². The summed E-state index contributed by atoms with van der Waals surface area (Å²) in [5.74, 6) is 4.50. The van der Waals surface area contributed by atoms with Crippen molar-refractivity contribution >= 4 is 43.6 Å². The molecule has 288 valence electrons. The molecule has 5 heteroatoms. The molecular formula is C55H43N5. The van der Waals surface area contributed by atoms with Crippen LogP contribution in [-0.4, -0.2) is 24.1 Å². The van der Waals surface area contributed by atoms with E-state index in [-0.39, 0.29) is 5.41 Å². The lowest BCUT2D eigenvalue weighted by atomic mass is 9.48. The largest absolute Gasteiger partial charge is 0.309 e. The standard InChI is InChI=1S/C55H43N5/c1-2-13-38(14-3-1)52-56-53(58-54(57-52)60-50-23-10-6-19-44(50)45-20-7-11-24-51(45)60)46-26-25-40(55-32-35-27-36(33-55)29-37(28-35)34-55)31-47(46)39-15-12-16-41(30-39)59-48-21-8-4-17-42(48)43-18-5-9-22-49(43)59/h1-26,30-31,35-37H,27-29,32-34H2. The molecule has 10 aromatic rings. The first-order chi connectivity index (χ1) is 29.7. The Balaban J connectivity index is 1.06. The van der Waals surface area contributed by atoms with Crippen LogP contribution < -0.4 is 0 Å². The maximum absolute atomic E-state index is 5.47. The van der Waals surface area contributed by atoms with Crippen LogP contribution >= 0.6 is 0 Å². The van der Waals surface area contributed by atoms with Gasteiger partial charge in [0.05, 0.1) is 22.1 Å². The van der Waals surface area contributed by atoms with Crippen LogP contribution in [0.3, 0.4) is 0 Å². The average Bonchev–Trinajstić information content (AvgIpc) is 3.82. The lowest BCUT2D eigenvalue weighted by molar-refractivity contribution is -0.00516. The molecule has 3 aromatic heterocycles. The van der Waals surface area contributed by atoms with Crippen molar-refractivity contribution in [2.75, 3.05) is 0 Å². The molecule has 0 atom stereocenters. The lowest BCUT2D eigenvalue weighted by Crippen LogP contribution is -2.48. The van der Waals surface area contributed by atoms with Gasteiger partial charge in [-0.15, -0.1) is 0 Å². The van der Waals surface area contributed by atoms with Gasteiger partial charge in [0.1, 0.15) is 0 Å². The number of aromatic nitrogens is 5. The molecule has 0 unspecified atom stereocenters. The van der Waals surface area contributed by atoms with Gasteiger partial charge in [0.25, 0.3) is 0 Å². The predicted molar refractivity (Wildman–Crippen MR) is 245 cm³/mol. The summed E-state index contributed by atoms with van der Waals surface area (Å²) in [7, 11) is 0. The normalized spacial score (nSPS) is 20.8. The Morgan fingerprint density at radius 1 is 0.400 bits per heavy atom. The van der Waals surface area contributed by atoms with Crippen LogP contribution in [0.1, 0.15) is 44.1 Å². The third kappa shape index (κ3) is 5.21. The highest BCUT2D eigenvalue weighted by molar-refractivity contribution is 6.10. The van der Waals surface area contributed by atoms with Crippen LogP contribution in [0.5, 0.6) is 0 Å². The number of benzene rings is 7. The second-order valence-corrected chi connectivity index (χ2v) is 17.9. The number of hydrogen-bond acceptors (Lipinski definition) is 3. The second kappa shape index (κ2) is 13.1. The number of para-hydroxylation sites is 4. The van der Waals surface area contributed by atoms with E-state index < -0.39 is 0 Å². The van der Waals surface area contributed by atoms with E-state index >= 15 is 0 Å². The zero-order valence-corrected chi connectivity index (χ0v) is 33.4. The summed E-state index contributed by atoms with van der Waals surface area (Å²) in [4.78, 5) is 16.1. The number of nitrogens with zero attached hydrogens (tertiary/aromatic N) is 5. The molecule has 7 aromatic carbocycles. The van der Waals surface area contributed by atoms with Gasteiger partial charge in [-0.05, 0) is 121 Å². The first-order valence-corrected chi connectivity index (χ1v) is 21.7. The summed E-state index contributed by atoms with van der Waals surface area (Å²) in [5.41, 5.74) is 11.7. The Labute approximate surface area is 349 Å².